The Morgan fingerprint density at radius 1 is 1.19 bits per heavy atom. The number of hydrogen-bond acceptors (Lipinski definition) is 3. The fraction of sp³-hybridized carbons (Fsp3) is 0.471. The third kappa shape index (κ3) is 2.44. The summed E-state index contributed by atoms with van der Waals surface area (Å²) in [6, 6.07) is 4.81. The number of hydrogen-bond donors (Lipinski definition) is 1. The molecule has 1 saturated carbocycles. The molecule has 2 aliphatic carbocycles. The largest absolute Gasteiger partial charge is 0.349 e. The summed E-state index contributed by atoms with van der Waals surface area (Å²) >= 11 is 3.58. The lowest BCUT2D eigenvalue weighted by Gasteiger charge is -2.10. The minimum Gasteiger partial charge on any atom is -0.349 e. The third-order valence-electron chi connectivity index (χ3n) is 4.52. The van der Waals surface area contributed by atoms with Crippen molar-refractivity contribution < 1.29 is 4.79 Å². The molecule has 1 amide bonds. The van der Waals surface area contributed by atoms with Crippen LogP contribution in [0.15, 0.2) is 12.1 Å². The summed E-state index contributed by atoms with van der Waals surface area (Å²) in [5, 5.41) is 3.21. The summed E-state index contributed by atoms with van der Waals surface area (Å²) in [4.78, 5) is 17.5. The van der Waals surface area contributed by atoms with Gasteiger partial charge in [0.2, 0.25) is 0 Å². The molecule has 0 spiro atoms. The second kappa shape index (κ2) is 5.25. The van der Waals surface area contributed by atoms with Gasteiger partial charge in [0.25, 0.3) is 5.91 Å². The Hall–Kier alpha value is -1.13. The van der Waals surface area contributed by atoms with Crippen molar-refractivity contribution in [2.75, 3.05) is 0 Å². The SMILES string of the molecule is Cc1cc2c(s1)CCc1cc(C(=O)NC3CCCC3)sc1-2. The quantitative estimate of drug-likeness (QED) is 0.864. The number of amides is 1. The first kappa shape index (κ1) is 13.5. The first-order valence-electron chi connectivity index (χ1n) is 7.74. The Morgan fingerprint density at radius 2 is 2.00 bits per heavy atom. The van der Waals surface area contributed by atoms with Gasteiger partial charge in [0.1, 0.15) is 0 Å². The van der Waals surface area contributed by atoms with Gasteiger partial charge in [-0.3, -0.25) is 4.79 Å². The van der Waals surface area contributed by atoms with Crippen LogP contribution in [0.25, 0.3) is 10.4 Å². The molecule has 2 aromatic heterocycles. The Bertz CT molecular complexity index is 692. The topological polar surface area (TPSA) is 29.1 Å². The smallest absolute Gasteiger partial charge is 0.261 e. The van der Waals surface area contributed by atoms with E-state index in [0.717, 1.165) is 30.6 Å². The summed E-state index contributed by atoms with van der Waals surface area (Å²) in [7, 11) is 0. The molecule has 2 nitrogen and oxygen atoms in total. The van der Waals surface area contributed by atoms with E-state index in [-0.39, 0.29) is 5.91 Å². The van der Waals surface area contributed by atoms with Gasteiger partial charge in [0.05, 0.1) is 4.88 Å². The van der Waals surface area contributed by atoms with Crippen LogP contribution in [0.1, 0.15) is 50.7 Å². The van der Waals surface area contributed by atoms with E-state index in [2.05, 4.69) is 24.4 Å². The molecule has 0 saturated heterocycles. The van der Waals surface area contributed by atoms with Crippen molar-refractivity contribution in [3.05, 3.63) is 32.3 Å². The van der Waals surface area contributed by atoms with E-state index in [0.29, 0.717) is 6.04 Å². The van der Waals surface area contributed by atoms with Crippen LogP contribution in [0.3, 0.4) is 0 Å². The predicted molar refractivity (Wildman–Crippen MR) is 89.5 cm³/mol. The fourth-order valence-electron chi connectivity index (χ4n) is 3.47. The highest BCUT2D eigenvalue weighted by molar-refractivity contribution is 7.18. The molecule has 1 N–H and O–H groups in total. The molecule has 0 aromatic carbocycles. The molecule has 0 bridgehead atoms. The minimum absolute atomic E-state index is 0.134. The van der Waals surface area contributed by atoms with Crippen molar-refractivity contribution in [2.45, 2.75) is 51.5 Å². The highest BCUT2D eigenvalue weighted by atomic mass is 32.1. The lowest BCUT2D eigenvalue weighted by atomic mass is 9.98. The maximum Gasteiger partial charge on any atom is 0.261 e. The summed E-state index contributed by atoms with van der Waals surface area (Å²) in [6.45, 7) is 2.17. The summed E-state index contributed by atoms with van der Waals surface area (Å²) < 4.78 is 0. The number of rotatable bonds is 2. The number of nitrogens with one attached hydrogen (secondary N) is 1. The Kier molecular flexibility index (Phi) is 3.38. The van der Waals surface area contributed by atoms with Crippen molar-refractivity contribution in [1.29, 1.82) is 0 Å². The maximum atomic E-state index is 12.4. The highest BCUT2D eigenvalue weighted by Gasteiger charge is 2.24. The standard InChI is InChI=1S/C17H19NOS2/c1-10-8-13-14(20-10)7-6-11-9-15(21-16(11)13)17(19)18-12-4-2-3-5-12/h8-9,12H,2-7H2,1H3,(H,18,19). The number of carbonyl (C=O) groups excluding carboxylic acids is 1. The molecule has 0 aliphatic heterocycles. The fourth-order valence-corrected chi connectivity index (χ4v) is 5.73. The molecular formula is C17H19NOS2. The molecular weight excluding hydrogens is 298 g/mol. The van der Waals surface area contributed by atoms with Gasteiger partial charge < -0.3 is 5.32 Å². The Balaban J connectivity index is 1.61. The molecule has 110 valence electrons. The van der Waals surface area contributed by atoms with E-state index in [9.17, 15) is 4.79 Å². The van der Waals surface area contributed by atoms with Crippen molar-refractivity contribution in [1.82, 2.24) is 5.32 Å². The van der Waals surface area contributed by atoms with E-state index in [1.165, 1.54) is 38.6 Å². The maximum absolute atomic E-state index is 12.4. The predicted octanol–water partition coefficient (Wildman–Crippen LogP) is 4.56. The van der Waals surface area contributed by atoms with Crippen LogP contribution < -0.4 is 5.32 Å². The van der Waals surface area contributed by atoms with Crippen LogP contribution in [0.5, 0.6) is 0 Å². The molecule has 4 heteroatoms. The summed E-state index contributed by atoms with van der Waals surface area (Å²) in [5.41, 5.74) is 2.74. The summed E-state index contributed by atoms with van der Waals surface area (Å²) in [5.74, 6) is 0.134. The minimum atomic E-state index is 0.134. The molecule has 0 unspecified atom stereocenters. The number of carbonyl (C=O) groups is 1. The first-order chi connectivity index (χ1) is 10.2. The molecule has 2 heterocycles. The Labute approximate surface area is 133 Å². The molecule has 2 aromatic rings. The molecule has 1 fully saturated rings. The molecule has 21 heavy (non-hydrogen) atoms. The molecule has 0 atom stereocenters. The summed E-state index contributed by atoms with van der Waals surface area (Å²) in [6.07, 6.45) is 7.00. The van der Waals surface area contributed by atoms with Gasteiger partial charge >= 0.3 is 0 Å². The van der Waals surface area contributed by atoms with Gasteiger partial charge in [-0.1, -0.05) is 12.8 Å². The first-order valence-corrected chi connectivity index (χ1v) is 9.37. The van der Waals surface area contributed by atoms with Crippen molar-refractivity contribution in [2.24, 2.45) is 0 Å². The van der Waals surface area contributed by atoms with Crippen LogP contribution in [-0.4, -0.2) is 11.9 Å². The number of thiophene rings is 2. The van der Waals surface area contributed by atoms with Crippen LogP contribution in [0, 0.1) is 6.92 Å². The average molecular weight is 317 g/mol. The van der Waals surface area contributed by atoms with Crippen LogP contribution in [0.2, 0.25) is 0 Å². The second-order valence-corrected chi connectivity index (χ2v) is 8.51. The van der Waals surface area contributed by atoms with Crippen LogP contribution in [-0.2, 0) is 12.8 Å². The monoisotopic (exact) mass is 317 g/mol. The molecule has 4 rings (SSSR count). The van der Waals surface area contributed by atoms with E-state index in [1.54, 1.807) is 11.3 Å². The van der Waals surface area contributed by atoms with Gasteiger partial charge in [-0.25, -0.2) is 0 Å². The van der Waals surface area contributed by atoms with Gasteiger partial charge in [0.15, 0.2) is 0 Å². The van der Waals surface area contributed by atoms with Gasteiger partial charge in [-0.15, -0.1) is 22.7 Å². The number of fused-ring (bicyclic) bond motifs is 3. The second-order valence-electron chi connectivity index (χ2n) is 6.11. The zero-order valence-corrected chi connectivity index (χ0v) is 13.8. The van der Waals surface area contributed by atoms with E-state index < -0.39 is 0 Å². The third-order valence-corrected chi connectivity index (χ3v) is 6.84. The van der Waals surface area contributed by atoms with Crippen molar-refractivity contribution in [3.8, 4) is 10.4 Å². The lowest BCUT2D eigenvalue weighted by Crippen LogP contribution is -2.31. The number of aryl methyl sites for hydroxylation is 3. The zero-order valence-electron chi connectivity index (χ0n) is 12.2. The molecule has 2 aliphatic rings. The van der Waals surface area contributed by atoms with E-state index in [4.69, 9.17) is 0 Å². The van der Waals surface area contributed by atoms with Gasteiger partial charge in [-0.05, 0) is 50.3 Å². The van der Waals surface area contributed by atoms with Crippen molar-refractivity contribution in [3.63, 3.8) is 0 Å². The van der Waals surface area contributed by atoms with Crippen molar-refractivity contribution >= 4 is 28.6 Å². The molecule has 0 radical (unpaired) electrons. The highest BCUT2D eigenvalue weighted by Crippen LogP contribution is 2.43. The lowest BCUT2D eigenvalue weighted by molar-refractivity contribution is 0.0942. The van der Waals surface area contributed by atoms with Gasteiger partial charge in [-0.2, -0.15) is 0 Å². The Morgan fingerprint density at radius 3 is 2.81 bits per heavy atom. The normalized spacial score (nSPS) is 17.6. The van der Waals surface area contributed by atoms with E-state index in [1.807, 2.05) is 11.3 Å². The zero-order chi connectivity index (χ0) is 14.4. The van der Waals surface area contributed by atoms with Crippen LogP contribution >= 0.6 is 22.7 Å². The average Bonchev–Trinajstić information content (AvgIpc) is 3.14. The van der Waals surface area contributed by atoms with Crippen LogP contribution in [0.4, 0.5) is 0 Å². The van der Waals surface area contributed by atoms with E-state index >= 15 is 0 Å². The van der Waals surface area contributed by atoms with Gasteiger partial charge in [0, 0.05) is 26.2 Å².